The van der Waals surface area contributed by atoms with Crippen molar-refractivity contribution in [2.75, 3.05) is 39.1 Å². The van der Waals surface area contributed by atoms with Gasteiger partial charge < -0.3 is 20.4 Å². The van der Waals surface area contributed by atoms with E-state index in [9.17, 15) is 14.4 Å². The fourth-order valence-electron chi connectivity index (χ4n) is 7.29. The fourth-order valence-corrected chi connectivity index (χ4v) is 7.29. The first-order valence-corrected chi connectivity index (χ1v) is 16.2. The number of carbonyl (C=O) groups is 3. The Morgan fingerprint density at radius 2 is 1.54 bits per heavy atom. The molecule has 0 radical (unpaired) electrons. The van der Waals surface area contributed by atoms with E-state index in [0.29, 0.717) is 54.1 Å². The van der Waals surface area contributed by atoms with Gasteiger partial charge in [-0.1, -0.05) is 67.6 Å². The van der Waals surface area contributed by atoms with Crippen LogP contribution in [0.15, 0.2) is 72.8 Å². The topological polar surface area (TPSA) is 101 Å². The standard InChI is InChI=1S/C37H43N5O4/c1-5-28-23-40(24(2)22-41(28)34(26-14-8-6-9-15-26)27-16-10-7-11-17-27)36(44)30-20-29-31(21-32(30)46-4)42(38)25(3)33(29)35(43)37(45)39-18-12-13-19-39/h6-11,14-17,20-21,24,28,34H,5,12-13,18-19,22-23,38H2,1-4H3/t24-,28+/m1/s1. The van der Waals surface area contributed by atoms with Crippen molar-refractivity contribution >= 4 is 28.5 Å². The van der Waals surface area contributed by atoms with Crippen LogP contribution in [0.2, 0.25) is 0 Å². The third kappa shape index (κ3) is 5.53. The second-order valence-corrected chi connectivity index (χ2v) is 12.5. The molecule has 9 heteroatoms. The lowest BCUT2D eigenvalue weighted by atomic mass is 9.92. The van der Waals surface area contributed by atoms with E-state index in [0.717, 1.165) is 19.3 Å². The molecule has 1 aromatic heterocycles. The van der Waals surface area contributed by atoms with Gasteiger partial charge in [0.2, 0.25) is 0 Å². The van der Waals surface area contributed by atoms with Crippen molar-refractivity contribution in [2.45, 2.75) is 58.2 Å². The SMILES string of the molecule is CC[C@H]1CN(C(=O)c2cc3c(C(=O)C(=O)N4CCCC4)c(C)n(N)c3cc2OC)[C@H](C)CN1C(c1ccccc1)c1ccccc1. The van der Waals surface area contributed by atoms with Gasteiger partial charge in [-0.2, -0.15) is 0 Å². The number of ether oxygens (including phenoxy) is 1. The van der Waals surface area contributed by atoms with Crippen molar-refractivity contribution in [3.8, 4) is 5.75 Å². The third-order valence-corrected chi connectivity index (χ3v) is 9.79. The number of methoxy groups -OCH3 is 1. The van der Waals surface area contributed by atoms with Gasteiger partial charge in [-0.3, -0.25) is 24.0 Å². The first-order chi connectivity index (χ1) is 22.2. The van der Waals surface area contributed by atoms with E-state index < -0.39 is 11.7 Å². The van der Waals surface area contributed by atoms with Crippen LogP contribution in [0.25, 0.3) is 10.9 Å². The van der Waals surface area contributed by atoms with Crippen LogP contribution >= 0.6 is 0 Å². The van der Waals surface area contributed by atoms with Crippen molar-refractivity contribution in [2.24, 2.45) is 0 Å². The summed E-state index contributed by atoms with van der Waals surface area (Å²) < 4.78 is 7.14. The van der Waals surface area contributed by atoms with E-state index in [2.05, 4.69) is 67.3 Å². The Hall–Kier alpha value is -4.63. The third-order valence-electron chi connectivity index (χ3n) is 9.79. The molecule has 0 saturated carbocycles. The Labute approximate surface area is 270 Å². The number of hydrogen-bond donors (Lipinski definition) is 1. The van der Waals surface area contributed by atoms with Crippen molar-refractivity contribution in [3.05, 3.63) is 101 Å². The molecule has 2 saturated heterocycles. The maximum atomic E-state index is 14.5. The number of piperazine rings is 1. The molecule has 2 atom stereocenters. The predicted octanol–water partition coefficient (Wildman–Crippen LogP) is 5.19. The number of aromatic nitrogens is 1. The molecule has 4 aromatic rings. The summed E-state index contributed by atoms with van der Waals surface area (Å²) >= 11 is 0. The molecule has 2 N–H and O–H groups in total. The molecule has 9 nitrogen and oxygen atoms in total. The molecule has 0 bridgehead atoms. The maximum absolute atomic E-state index is 14.5. The fraction of sp³-hybridized carbons (Fsp3) is 0.378. The Morgan fingerprint density at radius 1 is 0.935 bits per heavy atom. The van der Waals surface area contributed by atoms with Crippen molar-refractivity contribution in [1.29, 1.82) is 0 Å². The lowest BCUT2D eigenvalue weighted by molar-refractivity contribution is -0.125. The van der Waals surface area contributed by atoms with Gasteiger partial charge in [0.25, 0.3) is 17.6 Å². The molecule has 46 heavy (non-hydrogen) atoms. The van der Waals surface area contributed by atoms with Crippen LogP contribution in [0.1, 0.15) is 76.7 Å². The van der Waals surface area contributed by atoms with Gasteiger partial charge >= 0.3 is 0 Å². The van der Waals surface area contributed by atoms with Gasteiger partial charge in [0.15, 0.2) is 0 Å². The van der Waals surface area contributed by atoms with Crippen LogP contribution in [0.5, 0.6) is 5.75 Å². The molecule has 2 aliphatic heterocycles. The average Bonchev–Trinajstić information content (AvgIpc) is 3.71. The largest absolute Gasteiger partial charge is 0.496 e. The number of nitrogen functional groups attached to an aromatic ring is 1. The van der Waals surface area contributed by atoms with Gasteiger partial charge in [-0.05, 0) is 50.3 Å². The molecule has 6 rings (SSSR count). The number of Topliss-reactive ketones (excluding diaryl/α,β-unsaturated/α-hetero) is 1. The highest BCUT2D eigenvalue weighted by Crippen LogP contribution is 2.37. The van der Waals surface area contributed by atoms with Gasteiger partial charge in [-0.15, -0.1) is 0 Å². The van der Waals surface area contributed by atoms with E-state index in [1.807, 2.05) is 17.0 Å². The van der Waals surface area contributed by atoms with Crippen LogP contribution in [0.3, 0.4) is 0 Å². The Kier molecular flexibility index (Phi) is 8.86. The minimum absolute atomic E-state index is 0.0481. The van der Waals surface area contributed by atoms with Crippen LogP contribution in [0, 0.1) is 6.92 Å². The van der Waals surface area contributed by atoms with Gasteiger partial charge in [0.1, 0.15) is 5.75 Å². The van der Waals surface area contributed by atoms with E-state index >= 15 is 0 Å². The zero-order chi connectivity index (χ0) is 32.5. The summed E-state index contributed by atoms with van der Waals surface area (Å²) in [5.41, 5.74) is 4.02. The molecule has 0 aliphatic carbocycles. The van der Waals surface area contributed by atoms with Crippen LogP contribution in [-0.2, 0) is 4.79 Å². The maximum Gasteiger partial charge on any atom is 0.295 e. The molecule has 2 fully saturated rings. The predicted molar refractivity (Wildman–Crippen MR) is 180 cm³/mol. The number of nitrogens with zero attached hydrogens (tertiary/aromatic N) is 4. The lowest BCUT2D eigenvalue weighted by Gasteiger charge is -2.48. The van der Waals surface area contributed by atoms with Crippen molar-refractivity contribution in [1.82, 2.24) is 19.4 Å². The highest BCUT2D eigenvalue weighted by Gasteiger charge is 2.39. The molecule has 3 heterocycles. The molecule has 0 spiro atoms. The molecule has 2 aliphatic rings. The number of ketones is 1. The van der Waals surface area contributed by atoms with Crippen molar-refractivity contribution in [3.63, 3.8) is 0 Å². The van der Waals surface area contributed by atoms with E-state index in [1.54, 1.807) is 24.0 Å². The zero-order valence-electron chi connectivity index (χ0n) is 27.1. The molecule has 2 amide bonds. The first-order valence-electron chi connectivity index (χ1n) is 16.2. The summed E-state index contributed by atoms with van der Waals surface area (Å²) in [5, 5.41) is 0.480. The summed E-state index contributed by atoms with van der Waals surface area (Å²) in [5.74, 6) is 5.48. The summed E-state index contributed by atoms with van der Waals surface area (Å²) in [6, 6.07) is 24.5. The number of rotatable bonds is 8. The second kappa shape index (κ2) is 13.0. The monoisotopic (exact) mass is 621 g/mol. The van der Waals surface area contributed by atoms with Crippen LogP contribution in [-0.4, -0.2) is 82.3 Å². The van der Waals surface area contributed by atoms with Crippen molar-refractivity contribution < 1.29 is 19.1 Å². The number of fused-ring (bicyclic) bond motifs is 1. The highest BCUT2D eigenvalue weighted by atomic mass is 16.5. The Balaban J connectivity index is 1.35. The lowest BCUT2D eigenvalue weighted by Crippen LogP contribution is -2.59. The summed E-state index contributed by atoms with van der Waals surface area (Å²) in [6.45, 7) is 8.32. The first kappa shape index (κ1) is 31.4. The second-order valence-electron chi connectivity index (χ2n) is 12.5. The highest BCUT2D eigenvalue weighted by molar-refractivity contribution is 6.45. The van der Waals surface area contributed by atoms with Gasteiger partial charge in [0.05, 0.1) is 29.8 Å². The molecule has 0 unspecified atom stereocenters. The molecular weight excluding hydrogens is 578 g/mol. The van der Waals surface area contributed by atoms with Crippen LogP contribution < -0.4 is 10.6 Å². The summed E-state index contributed by atoms with van der Waals surface area (Å²) in [4.78, 5) is 47.3. The smallest absolute Gasteiger partial charge is 0.295 e. The quantitative estimate of drug-likeness (QED) is 0.165. The molecule has 240 valence electrons. The number of hydrogen-bond acceptors (Lipinski definition) is 6. The number of amides is 2. The zero-order valence-corrected chi connectivity index (χ0v) is 27.1. The molecular formula is C37H43N5O4. The average molecular weight is 622 g/mol. The summed E-state index contributed by atoms with van der Waals surface area (Å²) in [6.07, 6.45) is 2.62. The van der Waals surface area contributed by atoms with Gasteiger partial charge in [0, 0.05) is 55.4 Å². The summed E-state index contributed by atoms with van der Waals surface area (Å²) in [7, 11) is 1.53. The molecule has 3 aromatic carbocycles. The van der Waals surface area contributed by atoms with Gasteiger partial charge in [-0.25, -0.2) is 0 Å². The number of likely N-dealkylation sites (tertiary alicyclic amines) is 1. The Morgan fingerprint density at radius 3 is 2.11 bits per heavy atom. The minimum atomic E-state index is -0.599. The van der Waals surface area contributed by atoms with E-state index in [4.69, 9.17) is 10.6 Å². The number of carbonyl (C=O) groups excluding carboxylic acids is 3. The van der Waals surface area contributed by atoms with E-state index in [1.165, 1.54) is 22.9 Å². The number of benzene rings is 3. The van der Waals surface area contributed by atoms with E-state index in [-0.39, 0.29) is 29.6 Å². The van der Waals surface area contributed by atoms with Crippen LogP contribution in [0.4, 0.5) is 0 Å². The minimum Gasteiger partial charge on any atom is -0.496 e. The Bertz CT molecular complexity index is 1710. The normalized spacial score (nSPS) is 18.8. The number of nitrogens with two attached hydrogens (primary N) is 1.